The molecule has 3 unspecified atom stereocenters. The molecule has 2 fully saturated rings. The van der Waals surface area contributed by atoms with Crippen LogP contribution in [0.1, 0.15) is 57.4 Å². The zero-order valence-electron chi connectivity index (χ0n) is 13.4. The molecule has 1 aliphatic heterocycles. The van der Waals surface area contributed by atoms with Crippen molar-refractivity contribution in [3.63, 3.8) is 0 Å². The van der Waals surface area contributed by atoms with Crippen molar-refractivity contribution in [2.24, 2.45) is 11.7 Å². The quantitative estimate of drug-likeness (QED) is 0.902. The van der Waals surface area contributed by atoms with Crippen molar-refractivity contribution < 1.29 is 0 Å². The molecule has 1 aliphatic carbocycles. The zero-order valence-corrected chi connectivity index (χ0v) is 13.4. The third-order valence-corrected chi connectivity index (χ3v) is 5.53. The Hall–Kier alpha value is -1.02. The van der Waals surface area contributed by atoms with Gasteiger partial charge in [0, 0.05) is 24.3 Å². The summed E-state index contributed by atoms with van der Waals surface area (Å²) in [5.41, 5.74) is 8.87. The lowest BCUT2D eigenvalue weighted by Crippen LogP contribution is -2.46. The Morgan fingerprint density at radius 2 is 1.81 bits per heavy atom. The number of nitrogens with zero attached hydrogens (tertiary/aromatic N) is 1. The minimum atomic E-state index is 0.300. The summed E-state index contributed by atoms with van der Waals surface area (Å²) in [5.74, 6) is 0.945. The summed E-state index contributed by atoms with van der Waals surface area (Å²) in [5, 5.41) is 0. The van der Waals surface area contributed by atoms with Crippen molar-refractivity contribution in [3.8, 4) is 0 Å². The lowest BCUT2D eigenvalue weighted by molar-refractivity contribution is 0.244. The highest BCUT2D eigenvalue weighted by Gasteiger charge is 2.33. The Bertz CT molecular complexity index is 437. The molecular weight excluding hydrogens is 256 g/mol. The maximum Gasteiger partial charge on any atom is 0.0368 e. The largest absolute Gasteiger partial charge is 0.368 e. The third-order valence-electron chi connectivity index (χ3n) is 5.53. The second-order valence-electron chi connectivity index (χ2n) is 6.99. The van der Waals surface area contributed by atoms with E-state index in [4.69, 9.17) is 5.73 Å². The van der Waals surface area contributed by atoms with E-state index in [1.165, 1.54) is 56.3 Å². The first kappa shape index (κ1) is 14.9. The molecule has 1 saturated heterocycles. The van der Waals surface area contributed by atoms with Crippen LogP contribution in [0.5, 0.6) is 0 Å². The van der Waals surface area contributed by atoms with Crippen LogP contribution in [0.2, 0.25) is 0 Å². The molecule has 3 rings (SSSR count). The van der Waals surface area contributed by atoms with Gasteiger partial charge < -0.3 is 10.6 Å². The Kier molecular flexibility index (Phi) is 4.84. The van der Waals surface area contributed by atoms with Gasteiger partial charge in [0.05, 0.1) is 0 Å². The van der Waals surface area contributed by atoms with E-state index in [0.717, 1.165) is 24.8 Å². The molecule has 0 aromatic heterocycles. The smallest absolute Gasteiger partial charge is 0.0368 e. The number of piperidine rings is 1. The second kappa shape index (κ2) is 6.83. The fraction of sp³-hybridized carbons (Fsp3) is 0.684. The van der Waals surface area contributed by atoms with Crippen LogP contribution < -0.4 is 10.6 Å². The number of rotatable bonds is 4. The van der Waals surface area contributed by atoms with E-state index in [0.29, 0.717) is 6.04 Å². The van der Waals surface area contributed by atoms with Gasteiger partial charge in [-0.1, -0.05) is 31.9 Å². The van der Waals surface area contributed by atoms with Gasteiger partial charge in [-0.15, -0.1) is 0 Å². The van der Waals surface area contributed by atoms with E-state index >= 15 is 0 Å². The number of nitrogens with two attached hydrogens (primary N) is 1. The third kappa shape index (κ3) is 3.42. The van der Waals surface area contributed by atoms with E-state index in [9.17, 15) is 0 Å². The molecule has 21 heavy (non-hydrogen) atoms. The van der Waals surface area contributed by atoms with Gasteiger partial charge in [0.2, 0.25) is 0 Å². The molecule has 116 valence electrons. The highest BCUT2D eigenvalue weighted by atomic mass is 15.2. The molecule has 1 saturated carbocycles. The van der Waals surface area contributed by atoms with Gasteiger partial charge in [0.1, 0.15) is 0 Å². The Balaban J connectivity index is 1.70. The van der Waals surface area contributed by atoms with Crippen LogP contribution in [-0.2, 0) is 6.42 Å². The highest BCUT2D eigenvalue weighted by Crippen LogP contribution is 2.37. The summed E-state index contributed by atoms with van der Waals surface area (Å²) < 4.78 is 0. The second-order valence-corrected chi connectivity index (χ2v) is 6.99. The van der Waals surface area contributed by atoms with Crippen LogP contribution in [0.3, 0.4) is 0 Å². The first-order valence-electron chi connectivity index (χ1n) is 8.89. The average molecular weight is 286 g/mol. The summed E-state index contributed by atoms with van der Waals surface area (Å²) >= 11 is 0. The SMILES string of the molecule is CCC(N)Cc1ccc(N2CCCC3CCCCC32)cc1. The number of fused-ring (bicyclic) bond motifs is 1. The van der Waals surface area contributed by atoms with Gasteiger partial charge in [-0.05, 0) is 62.1 Å². The minimum Gasteiger partial charge on any atom is -0.368 e. The van der Waals surface area contributed by atoms with E-state index in [-0.39, 0.29) is 0 Å². The average Bonchev–Trinajstić information content (AvgIpc) is 2.55. The Labute approximate surface area is 129 Å². The molecule has 1 aromatic carbocycles. The fourth-order valence-corrected chi connectivity index (χ4v) is 4.22. The molecule has 1 aromatic rings. The summed E-state index contributed by atoms with van der Waals surface area (Å²) in [7, 11) is 0. The molecule has 2 nitrogen and oxygen atoms in total. The maximum atomic E-state index is 6.06. The van der Waals surface area contributed by atoms with Gasteiger partial charge in [0.25, 0.3) is 0 Å². The zero-order chi connectivity index (χ0) is 14.7. The Morgan fingerprint density at radius 3 is 2.57 bits per heavy atom. The van der Waals surface area contributed by atoms with Crippen LogP contribution in [0, 0.1) is 5.92 Å². The molecule has 0 bridgehead atoms. The van der Waals surface area contributed by atoms with Crippen LogP contribution in [0.4, 0.5) is 5.69 Å². The number of benzene rings is 1. The molecule has 2 heteroatoms. The van der Waals surface area contributed by atoms with Crippen LogP contribution >= 0.6 is 0 Å². The molecule has 0 radical (unpaired) electrons. The van der Waals surface area contributed by atoms with Crippen molar-refractivity contribution >= 4 is 5.69 Å². The first-order valence-corrected chi connectivity index (χ1v) is 8.89. The molecule has 0 amide bonds. The summed E-state index contributed by atoms with van der Waals surface area (Å²) in [6, 6.07) is 10.3. The van der Waals surface area contributed by atoms with Crippen molar-refractivity contribution in [1.82, 2.24) is 0 Å². The fourth-order valence-electron chi connectivity index (χ4n) is 4.22. The van der Waals surface area contributed by atoms with Gasteiger partial charge in [-0.25, -0.2) is 0 Å². The number of hydrogen-bond acceptors (Lipinski definition) is 2. The lowest BCUT2D eigenvalue weighted by atomic mass is 9.78. The van der Waals surface area contributed by atoms with Crippen molar-refractivity contribution in [2.75, 3.05) is 11.4 Å². The predicted octanol–water partition coefficient (Wildman–Crippen LogP) is 4.13. The number of hydrogen-bond donors (Lipinski definition) is 1. The van der Waals surface area contributed by atoms with Crippen molar-refractivity contribution in [1.29, 1.82) is 0 Å². The molecule has 2 aliphatic rings. The van der Waals surface area contributed by atoms with Crippen LogP contribution in [0.25, 0.3) is 0 Å². The molecule has 1 heterocycles. The first-order chi connectivity index (χ1) is 10.3. The van der Waals surface area contributed by atoms with E-state index in [1.807, 2.05) is 0 Å². The molecular formula is C19H30N2. The van der Waals surface area contributed by atoms with E-state index in [1.54, 1.807) is 0 Å². The van der Waals surface area contributed by atoms with E-state index < -0.39 is 0 Å². The van der Waals surface area contributed by atoms with Crippen molar-refractivity contribution in [2.45, 2.75) is 70.4 Å². The maximum absolute atomic E-state index is 6.06. The van der Waals surface area contributed by atoms with Gasteiger partial charge >= 0.3 is 0 Å². The Morgan fingerprint density at radius 1 is 1.10 bits per heavy atom. The van der Waals surface area contributed by atoms with Gasteiger partial charge in [-0.2, -0.15) is 0 Å². The number of anilines is 1. The van der Waals surface area contributed by atoms with Gasteiger partial charge in [0.15, 0.2) is 0 Å². The van der Waals surface area contributed by atoms with Crippen LogP contribution in [0.15, 0.2) is 24.3 Å². The van der Waals surface area contributed by atoms with E-state index in [2.05, 4.69) is 36.1 Å². The molecule has 0 spiro atoms. The summed E-state index contributed by atoms with van der Waals surface area (Å²) in [6.45, 7) is 3.41. The predicted molar refractivity (Wildman–Crippen MR) is 90.7 cm³/mol. The topological polar surface area (TPSA) is 29.3 Å². The molecule has 3 atom stereocenters. The standard InChI is InChI=1S/C19H30N2/c1-2-17(20)14-15-9-11-18(12-10-15)21-13-5-7-16-6-3-4-8-19(16)21/h9-12,16-17,19H,2-8,13-14,20H2,1H3. The van der Waals surface area contributed by atoms with Gasteiger partial charge in [-0.3, -0.25) is 0 Å². The summed E-state index contributed by atoms with van der Waals surface area (Å²) in [6.07, 6.45) is 10.6. The normalized spacial score (nSPS) is 27.2. The highest BCUT2D eigenvalue weighted by molar-refractivity contribution is 5.49. The summed E-state index contributed by atoms with van der Waals surface area (Å²) in [4.78, 5) is 2.69. The van der Waals surface area contributed by atoms with Crippen LogP contribution in [-0.4, -0.2) is 18.6 Å². The molecule has 2 N–H and O–H groups in total. The lowest BCUT2D eigenvalue weighted by Gasteiger charge is -2.45. The monoisotopic (exact) mass is 286 g/mol. The van der Waals surface area contributed by atoms with Crippen molar-refractivity contribution in [3.05, 3.63) is 29.8 Å². The minimum absolute atomic E-state index is 0.300.